The molecule has 0 spiro atoms. The molecule has 0 saturated heterocycles. The fraction of sp³-hybridized carbons (Fsp3) is 0.231. The van der Waals surface area contributed by atoms with Gasteiger partial charge in [-0.15, -0.1) is 0 Å². The largest absolute Gasteiger partial charge is 0.352 e. The zero-order valence-corrected chi connectivity index (χ0v) is 10.5. The van der Waals surface area contributed by atoms with Gasteiger partial charge in [0.2, 0.25) is 0 Å². The SMILES string of the molecule is CCNC(=O)c1cc2cc(Cl)ccc2nc1C. The van der Waals surface area contributed by atoms with Crippen molar-refractivity contribution in [3.8, 4) is 0 Å². The van der Waals surface area contributed by atoms with Crippen molar-refractivity contribution in [1.82, 2.24) is 10.3 Å². The van der Waals surface area contributed by atoms with Crippen molar-refractivity contribution >= 4 is 28.4 Å². The molecule has 0 bridgehead atoms. The van der Waals surface area contributed by atoms with Crippen LogP contribution in [0.25, 0.3) is 10.9 Å². The third-order valence-corrected chi connectivity index (χ3v) is 2.78. The number of hydrogen-bond donors (Lipinski definition) is 1. The Bertz CT molecular complexity index is 581. The van der Waals surface area contributed by atoms with Crippen molar-refractivity contribution in [3.05, 3.63) is 40.5 Å². The Hall–Kier alpha value is -1.61. The highest BCUT2D eigenvalue weighted by molar-refractivity contribution is 6.31. The average molecular weight is 249 g/mol. The molecule has 0 radical (unpaired) electrons. The molecule has 1 heterocycles. The molecule has 3 nitrogen and oxygen atoms in total. The number of aryl methyl sites for hydroxylation is 1. The van der Waals surface area contributed by atoms with Gasteiger partial charge in [0, 0.05) is 17.0 Å². The highest BCUT2D eigenvalue weighted by atomic mass is 35.5. The number of halogens is 1. The zero-order valence-electron chi connectivity index (χ0n) is 9.75. The van der Waals surface area contributed by atoms with Gasteiger partial charge in [0.15, 0.2) is 0 Å². The summed E-state index contributed by atoms with van der Waals surface area (Å²) in [6, 6.07) is 7.29. The molecule has 17 heavy (non-hydrogen) atoms. The van der Waals surface area contributed by atoms with Crippen LogP contribution in [0.4, 0.5) is 0 Å². The molecule has 2 aromatic rings. The summed E-state index contributed by atoms with van der Waals surface area (Å²) < 4.78 is 0. The molecule has 88 valence electrons. The van der Waals surface area contributed by atoms with Crippen LogP contribution in [0.5, 0.6) is 0 Å². The molecular weight excluding hydrogens is 236 g/mol. The molecule has 4 heteroatoms. The standard InChI is InChI=1S/C13H13ClN2O/c1-3-15-13(17)11-7-9-6-10(14)4-5-12(9)16-8(11)2/h4-7H,3H2,1-2H3,(H,15,17). The lowest BCUT2D eigenvalue weighted by atomic mass is 10.1. The van der Waals surface area contributed by atoms with Crippen LogP contribution < -0.4 is 5.32 Å². The Morgan fingerprint density at radius 1 is 1.41 bits per heavy atom. The van der Waals surface area contributed by atoms with Crippen LogP contribution >= 0.6 is 11.6 Å². The van der Waals surface area contributed by atoms with Gasteiger partial charge in [-0.25, -0.2) is 0 Å². The van der Waals surface area contributed by atoms with Gasteiger partial charge in [-0.3, -0.25) is 9.78 Å². The second-order valence-corrected chi connectivity index (χ2v) is 4.25. The van der Waals surface area contributed by atoms with E-state index >= 15 is 0 Å². The first-order valence-electron chi connectivity index (χ1n) is 5.47. The van der Waals surface area contributed by atoms with Crippen LogP contribution in [0, 0.1) is 6.92 Å². The molecule has 0 fully saturated rings. The van der Waals surface area contributed by atoms with Gasteiger partial charge in [0.25, 0.3) is 5.91 Å². The average Bonchev–Trinajstić information content (AvgIpc) is 2.29. The van der Waals surface area contributed by atoms with E-state index in [2.05, 4.69) is 10.3 Å². The van der Waals surface area contributed by atoms with Crippen molar-refractivity contribution in [2.45, 2.75) is 13.8 Å². The van der Waals surface area contributed by atoms with Crippen molar-refractivity contribution in [2.24, 2.45) is 0 Å². The van der Waals surface area contributed by atoms with E-state index in [9.17, 15) is 4.79 Å². The molecule has 1 N–H and O–H groups in total. The minimum Gasteiger partial charge on any atom is -0.352 e. The maximum atomic E-state index is 11.8. The number of hydrogen-bond acceptors (Lipinski definition) is 2. The van der Waals surface area contributed by atoms with E-state index in [1.165, 1.54) is 0 Å². The van der Waals surface area contributed by atoms with E-state index in [0.717, 1.165) is 16.6 Å². The topological polar surface area (TPSA) is 42.0 Å². The van der Waals surface area contributed by atoms with Crippen molar-refractivity contribution < 1.29 is 4.79 Å². The summed E-state index contributed by atoms with van der Waals surface area (Å²) in [5, 5.41) is 4.29. The van der Waals surface area contributed by atoms with E-state index in [1.807, 2.05) is 32.0 Å². The Morgan fingerprint density at radius 2 is 2.18 bits per heavy atom. The zero-order chi connectivity index (χ0) is 12.4. The van der Waals surface area contributed by atoms with Crippen LogP contribution in [0.1, 0.15) is 23.0 Å². The van der Waals surface area contributed by atoms with Crippen molar-refractivity contribution in [3.63, 3.8) is 0 Å². The Kier molecular flexibility index (Phi) is 3.29. The summed E-state index contributed by atoms with van der Waals surface area (Å²) in [7, 11) is 0. The molecule has 0 unspecified atom stereocenters. The van der Waals surface area contributed by atoms with E-state index in [1.54, 1.807) is 6.07 Å². The summed E-state index contributed by atoms with van der Waals surface area (Å²) in [6.45, 7) is 4.32. The predicted molar refractivity (Wildman–Crippen MR) is 69.5 cm³/mol. The Morgan fingerprint density at radius 3 is 2.88 bits per heavy atom. The number of nitrogens with one attached hydrogen (secondary N) is 1. The first-order valence-corrected chi connectivity index (χ1v) is 5.84. The first kappa shape index (κ1) is 11.9. The Labute approximate surface area is 105 Å². The van der Waals surface area contributed by atoms with Crippen LogP contribution in [0.3, 0.4) is 0 Å². The van der Waals surface area contributed by atoms with Crippen LogP contribution in [0.2, 0.25) is 5.02 Å². The van der Waals surface area contributed by atoms with Crippen LogP contribution in [-0.2, 0) is 0 Å². The van der Waals surface area contributed by atoms with Gasteiger partial charge in [-0.2, -0.15) is 0 Å². The van der Waals surface area contributed by atoms with Gasteiger partial charge in [-0.05, 0) is 38.1 Å². The van der Waals surface area contributed by atoms with E-state index in [0.29, 0.717) is 17.1 Å². The molecule has 2 rings (SSSR count). The highest BCUT2D eigenvalue weighted by Gasteiger charge is 2.10. The number of amides is 1. The van der Waals surface area contributed by atoms with Crippen LogP contribution in [0.15, 0.2) is 24.3 Å². The number of benzene rings is 1. The van der Waals surface area contributed by atoms with Gasteiger partial charge in [0.05, 0.1) is 16.8 Å². The molecule has 1 aromatic heterocycles. The lowest BCUT2D eigenvalue weighted by Crippen LogP contribution is -2.23. The number of fused-ring (bicyclic) bond motifs is 1. The summed E-state index contributed by atoms with van der Waals surface area (Å²) in [5.74, 6) is -0.0978. The minimum absolute atomic E-state index is 0.0978. The number of carbonyl (C=O) groups is 1. The summed E-state index contributed by atoms with van der Waals surface area (Å²) >= 11 is 5.92. The third-order valence-electron chi connectivity index (χ3n) is 2.55. The third kappa shape index (κ3) is 2.39. The molecule has 0 aliphatic heterocycles. The van der Waals surface area contributed by atoms with E-state index < -0.39 is 0 Å². The second-order valence-electron chi connectivity index (χ2n) is 3.82. The summed E-state index contributed by atoms with van der Waals surface area (Å²) in [4.78, 5) is 16.2. The fourth-order valence-electron chi connectivity index (χ4n) is 1.73. The number of carbonyl (C=O) groups excluding carboxylic acids is 1. The first-order chi connectivity index (χ1) is 8.11. The number of aromatic nitrogens is 1. The van der Waals surface area contributed by atoms with E-state index in [-0.39, 0.29) is 5.91 Å². The minimum atomic E-state index is -0.0978. The normalized spacial score (nSPS) is 10.5. The van der Waals surface area contributed by atoms with E-state index in [4.69, 9.17) is 11.6 Å². The molecule has 0 aliphatic rings. The van der Waals surface area contributed by atoms with Gasteiger partial charge in [0.1, 0.15) is 0 Å². The highest BCUT2D eigenvalue weighted by Crippen LogP contribution is 2.20. The lowest BCUT2D eigenvalue weighted by molar-refractivity contribution is 0.0955. The number of nitrogens with zero attached hydrogens (tertiary/aromatic N) is 1. The molecule has 0 saturated carbocycles. The fourth-order valence-corrected chi connectivity index (χ4v) is 1.91. The van der Waals surface area contributed by atoms with Gasteiger partial charge >= 0.3 is 0 Å². The molecule has 1 aromatic carbocycles. The van der Waals surface area contributed by atoms with Crippen molar-refractivity contribution in [1.29, 1.82) is 0 Å². The Balaban J connectivity index is 2.57. The van der Waals surface area contributed by atoms with Crippen LogP contribution in [-0.4, -0.2) is 17.4 Å². The molecule has 0 aliphatic carbocycles. The smallest absolute Gasteiger partial charge is 0.253 e. The maximum absolute atomic E-state index is 11.8. The monoisotopic (exact) mass is 248 g/mol. The predicted octanol–water partition coefficient (Wildman–Crippen LogP) is 2.95. The molecule has 1 amide bonds. The van der Waals surface area contributed by atoms with Gasteiger partial charge in [-0.1, -0.05) is 11.6 Å². The maximum Gasteiger partial charge on any atom is 0.253 e. The lowest BCUT2D eigenvalue weighted by Gasteiger charge is -2.07. The van der Waals surface area contributed by atoms with Gasteiger partial charge < -0.3 is 5.32 Å². The summed E-state index contributed by atoms with van der Waals surface area (Å²) in [5.41, 5.74) is 2.17. The quantitative estimate of drug-likeness (QED) is 0.888. The molecule has 0 atom stereocenters. The summed E-state index contributed by atoms with van der Waals surface area (Å²) in [6.07, 6.45) is 0. The number of pyridine rings is 1. The number of rotatable bonds is 2. The van der Waals surface area contributed by atoms with Crippen molar-refractivity contribution in [2.75, 3.05) is 6.54 Å². The second kappa shape index (κ2) is 4.72. The molecular formula is C13H13ClN2O.